The Morgan fingerprint density at radius 3 is 2.47 bits per heavy atom. The number of halogens is 4. The largest absolute Gasteiger partial charge is 0.416 e. The molecule has 94 valence electrons. The first-order valence-corrected chi connectivity index (χ1v) is 5.50. The van der Waals surface area contributed by atoms with Crippen molar-refractivity contribution >= 4 is 0 Å². The second-order valence-electron chi connectivity index (χ2n) is 4.52. The van der Waals surface area contributed by atoms with Gasteiger partial charge in [-0.05, 0) is 30.5 Å². The molecule has 1 aromatic carbocycles. The Morgan fingerprint density at radius 2 is 1.94 bits per heavy atom. The van der Waals surface area contributed by atoms with E-state index in [9.17, 15) is 17.6 Å². The minimum Gasteiger partial charge on any atom is -0.324 e. The summed E-state index contributed by atoms with van der Waals surface area (Å²) in [6.07, 6.45) is -1.83. The Morgan fingerprint density at radius 1 is 1.29 bits per heavy atom. The summed E-state index contributed by atoms with van der Waals surface area (Å²) < 4.78 is 50.9. The Labute approximate surface area is 96.6 Å². The van der Waals surface area contributed by atoms with E-state index in [0.717, 1.165) is 31.0 Å². The van der Waals surface area contributed by atoms with Crippen molar-refractivity contribution in [3.63, 3.8) is 0 Å². The zero-order valence-electron chi connectivity index (χ0n) is 9.10. The first kappa shape index (κ1) is 12.4. The van der Waals surface area contributed by atoms with E-state index in [1.807, 2.05) is 0 Å². The molecule has 1 aromatic rings. The van der Waals surface area contributed by atoms with Gasteiger partial charge in [-0.25, -0.2) is 4.39 Å². The lowest BCUT2D eigenvalue weighted by atomic mass is 9.99. The monoisotopic (exact) mass is 247 g/mol. The molecule has 5 heteroatoms. The number of alkyl halides is 3. The molecular weight excluding hydrogens is 234 g/mol. The molecular formula is C12H13F4N. The summed E-state index contributed by atoms with van der Waals surface area (Å²) in [7, 11) is 0. The molecule has 1 nitrogen and oxygen atoms in total. The van der Waals surface area contributed by atoms with E-state index in [0.29, 0.717) is 12.3 Å². The van der Waals surface area contributed by atoms with Crippen LogP contribution < -0.4 is 5.73 Å². The maximum atomic E-state index is 13.4. The number of rotatable bonds is 3. The average molecular weight is 247 g/mol. The summed E-state index contributed by atoms with van der Waals surface area (Å²) in [4.78, 5) is 0. The lowest BCUT2D eigenvalue weighted by Crippen LogP contribution is -2.15. The van der Waals surface area contributed by atoms with Gasteiger partial charge in [0.1, 0.15) is 5.82 Å². The van der Waals surface area contributed by atoms with Crippen LogP contribution >= 0.6 is 0 Å². The van der Waals surface area contributed by atoms with Gasteiger partial charge in [0, 0.05) is 11.6 Å². The lowest BCUT2D eigenvalue weighted by Gasteiger charge is -2.15. The standard InChI is InChI=1S/C12H13F4N/c13-10-4-3-8(12(14,15)16)6-9(10)11(17)5-7-1-2-7/h3-4,6-7,11H,1-2,5,17H2/t11-/m0/s1. The van der Waals surface area contributed by atoms with Crippen molar-refractivity contribution < 1.29 is 17.6 Å². The molecule has 17 heavy (non-hydrogen) atoms. The van der Waals surface area contributed by atoms with Gasteiger partial charge in [0.2, 0.25) is 0 Å². The molecule has 1 fully saturated rings. The molecule has 1 aliphatic carbocycles. The van der Waals surface area contributed by atoms with Crippen molar-refractivity contribution in [1.29, 1.82) is 0 Å². The highest BCUT2D eigenvalue weighted by molar-refractivity contribution is 5.29. The summed E-state index contributed by atoms with van der Waals surface area (Å²) in [6, 6.07) is 1.75. The summed E-state index contributed by atoms with van der Waals surface area (Å²) in [5, 5.41) is 0. The van der Waals surface area contributed by atoms with Crippen molar-refractivity contribution in [2.75, 3.05) is 0 Å². The molecule has 0 aliphatic heterocycles. The molecule has 2 N–H and O–H groups in total. The quantitative estimate of drug-likeness (QED) is 0.811. The first-order valence-electron chi connectivity index (χ1n) is 5.50. The van der Waals surface area contributed by atoms with Gasteiger partial charge in [0.15, 0.2) is 0 Å². The summed E-state index contributed by atoms with van der Waals surface area (Å²) in [5.41, 5.74) is 4.86. The van der Waals surface area contributed by atoms with Crippen LogP contribution in [0, 0.1) is 11.7 Å². The molecule has 1 saturated carbocycles. The van der Waals surface area contributed by atoms with Crippen LogP contribution in [-0.4, -0.2) is 0 Å². The van der Waals surface area contributed by atoms with Gasteiger partial charge in [-0.2, -0.15) is 13.2 Å². The Kier molecular flexibility index (Phi) is 3.12. The highest BCUT2D eigenvalue weighted by Crippen LogP contribution is 2.38. The fourth-order valence-electron chi connectivity index (χ4n) is 1.84. The van der Waals surface area contributed by atoms with Crippen LogP contribution in [0.4, 0.5) is 17.6 Å². The Hall–Kier alpha value is -1.10. The van der Waals surface area contributed by atoms with Gasteiger partial charge in [-0.15, -0.1) is 0 Å². The van der Waals surface area contributed by atoms with Crippen molar-refractivity contribution in [3.8, 4) is 0 Å². The van der Waals surface area contributed by atoms with Crippen LogP contribution in [0.3, 0.4) is 0 Å². The molecule has 0 amide bonds. The van der Waals surface area contributed by atoms with Crippen LogP contribution in [0.5, 0.6) is 0 Å². The van der Waals surface area contributed by atoms with Gasteiger partial charge in [0.25, 0.3) is 0 Å². The molecule has 0 bridgehead atoms. The number of nitrogens with two attached hydrogens (primary N) is 1. The van der Waals surface area contributed by atoms with Crippen LogP contribution in [0.25, 0.3) is 0 Å². The number of benzene rings is 1. The SMILES string of the molecule is N[C@@H](CC1CC1)c1cc(C(F)(F)F)ccc1F. The van der Waals surface area contributed by atoms with Crippen LogP contribution in [0.15, 0.2) is 18.2 Å². The highest BCUT2D eigenvalue weighted by atomic mass is 19.4. The molecule has 1 atom stereocenters. The Bertz CT molecular complexity index is 409. The topological polar surface area (TPSA) is 26.0 Å². The van der Waals surface area contributed by atoms with Gasteiger partial charge < -0.3 is 5.73 Å². The minimum atomic E-state index is -4.46. The average Bonchev–Trinajstić information content (AvgIpc) is 3.00. The third-order valence-electron chi connectivity index (χ3n) is 3.01. The molecule has 0 unspecified atom stereocenters. The highest BCUT2D eigenvalue weighted by Gasteiger charge is 2.32. The van der Waals surface area contributed by atoms with E-state index in [1.54, 1.807) is 0 Å². The van der Waals surface area contributed by atoms with Gasteiger partial charge in [-0.1, -0.05) is 12.8 Å². The van der Waals surface area contributed by atoms with E-state index in [4.69, 9.17) is 5.73 Å². The van der Waals surface area contributed by atoms with E-state index < -0.39 is 23.6 Å². The van der Waals surface area contributed by atoms with Gasteiger partial charge in [-0.3, -0.25) is 0 Å². The Balaban J connectivity index is 2.24. The normalized spacial score (nSPS) is 18.2. The molecule has 0 radical (unpaired) electrons. The van der Waals surface area contributed by atoms with Crippen molar-refractivity contribution in [3.05, 3.63) is 35.1 Å². The predicted octanol–water partition coefficient (Wildman–Crippen LogP) is 3.64. The second-order valence-corrected chi connectivity index (χ2v) is 4.52. The molecule has 1 aliphatic rings. The maximum Gasteiger partial charge on any atom is 0.416 e. The molecule has 0 aromatic heterocycles. The fraction of sp³-hybridized carbons (Fsp3) is 0.500. The molecule has 0 spiro atoms. The lowest BCUT2D eigenvalue weighted by molar-refractivity contribution is -0.137. The first-order chi connectivity index (χ1) is 7.88. The molecule has 0 heterocycles. The zero-order valence-corrected chi connectivity index (χ0v) is 9.10. The van der Waals surface area contributed by atoms with E-state index in [1.165, 1.54) is 0 Å². The summed E-state index contributed by atoms with van der Waals surface area (Å²) in [5.74, 6) is -0.218. The molecule has 0 saturated heterocycles. The smallest absolute Gasteiger partial charge is 0.324 e. The number of hydrogen-bond acceptors (Lipinski definition) is 1. The third-order valence-corrected chi connectivity index (χ3v) is 3.01. The van der Waals surface area contributed by atoms with Gasteiger partial charge >= 0.3 is 6.18 Å². The van der Waals surface area contributed by atoms with Gasteiger partial charge in [0.05, 0.1) is 5.56 Å². The van der Waals surface area contributed by atoms with Crippen molar-refractivity contribution in [1.82, 2.24) is 0 Å². The van der Waals surface area contributed by atoms with Crippen LogP contribution in [-0.2, 0) is 6.18 Å². The van der Waals surface area contributed by atoms with Crippen LogP contribution in [0.2, 0.25) is 0 Å². The fourth-order valence-corrected chi connectivity index (χ4v) is 1.84. The van der Waals surface area contributed by atoms with Crippen molar-refractivity contribution in [2.24, 2.45) is 11.7 Å². The minimum absolute atomic E-state index is 0.0354. The summed E-state index contributed by atoms with van der Waals surface area (Å²) >= 11 is 0. The third kappa shape index (κ3) is 2.97. The molecule has 2 rings (SSSR count). The van der Waals surface area contributed by atoms with E-state index in [2.05, 4.69) is 0 Å². The maximum absolute atomic E-state index is 13.4. The van der Waals surface area contributed by atoms with E-state index >= 15 is 0 Å². The van der Waals surface area contributed by atoms with E-state index in [-0.39, 0.29) is 5.56 Å². The number of hydrogen-bond donors (Lipinski definition) is 1. The van der Waals surface area contributed by atoms with Crippen molar-refractivity contribution in [2.45, 2.75) is 31.5 Å². The predicted molar refractivity (Wildman–Crippen MR) is 55.7 cm³/mol. The second kappa shape index (κ2) is 4.29. The summed E-state index contributed by atoms with van der Waals surface area (Å²) in [6.45, 7) is 0. The van der Waals surface area contributed by atoms with Crippen LogP contribution in [0.1, 0.15) is 36.4 Å². The zero-order chi connectivity index (χ0) is 12.6.